The molecule has 1 aromatic carbocycles. The smallest absolute Gasteiger partial charge is 0.326 e. The van der Waals surface area contributed by atoms with Gasteiger partial charge in [-0.2, -0.15) is 4.98 Å². The van der Waals surface area contributed by atoms with Crippen molar-refractivity contribution in [1.29, 1.82) is 0 Å². The molecule has 1 amide bonds. The maximum atomic E-state index is 12.3. The Labute approximate surface area is 167 Å². The molecule has 29 heavy (non-hydrogen) atoms. The molecule has 1 aliphatic carbocycles. The number of hydrogen-bond acceptors (Lipinski definition) is 5. The van der Waals surface area contributed by atoms with Gasteiger partial charge in [0.15, 0.2) is 5.82 Å². The van der Waals surface area contributed by atoms with E-state index in [9.17, 15) is 14.7 Å². The summed E-state index contributed by atoms with van der Waals surface area (Å²) in [5.41, 5.74) is 1.79. The van der Waals surface area contributed by atoms with Crippen LogP contribution in [-0.2, 0) is 22.4 Å². The van der Waals surface area contributed by atoms with Crippen molar-refractivity contribution >= 4 is 22.8 Å². The SMILES string of the molecule is O=C(CCc1nc(C2CCCC2)no1)NC(Cc1c[nH]c2ccccc12)C(=O)O. The molecule has 1 saturated carbocycles. The molecule has 1 aliphatic rings. The van der Waals surface area contributed by atoms with E-state index in [2.05, 4.69) is 20.4 Å². The van der Waals surface area contributed by atoms with E-state index in [1.807, 2.05) is 24.3 Å². The summed E-state index contributed by atoms with van der Waals surface area (Å²) >= 11 is 0. The number of nitrogens with zero attached hydrogens (tertiary/aromatic N) is 2. The second-order valence-corrected chi connectivity index (χ2v) is 7.55. The fraction of sp³-hybridized carbons (Fsp3) is 0.429. The number of carboxylic acids is 1. The van der Waals surface area contributed by atoms with E-state index in [1.165, 1.54) is 12.8 Å². The predicted octanol–water partition coefficient (Wildman–Crippen LogP) is 2.95. The molecule has 2 aromatic heterocycles. The molecular weight excluding hydrogens is 372 g/mol. The molecular formula is C21H24N4O4. The Bertz CT molecular complexity index is 1000. The lowest BCUT2D eigenvalue weighted by Crippen LogP contribution is -2.42. The number of fused-ring (bicyclic) bond motifs is 1. The van der Waals surface area contributed by atoms with Crippen molar-refractivity contribution in [2.24, 2.45) is 0 Å². The van der Waals surface area contributed by atoms with Gasteiger partial charge in [-0.1, -0.05) is 36.2 Å². The maximum Gasteiger partial charge on any atom is 0.326 e. The summed E-state index contributed by atoms with van der Waals surface area (Å²) in [5.74, 6) is 0.0860. The van der Waals surface area contributed by atoms with Crippen LogP contribution in [0.3, 0.4) is 0 Å². The Morgan fingerprint density at radius 2 is 2.07 bits per heavy atom. The Morgan fingerprint density at radius 3 is 2.86 bits per heavy atom. The molecule has 4 rings (SSSR count). The van der Waals surface area contributed by atoms with Gasteiger partial charge in [-0.25, -0.2) is 4.79 Å². The first-order valence-corrected chi connectivity index (χ1v) is 10.00. The fourth-order valence-corrected chi connectivity index (χ4v) is 3.93. The number of amides is 1. The zero-order chi connectivity index (χ0) is 20.2. The summed E-state index contributed by atoms with van der Waals surface area (Å²) < 4.78 is 5.25. The molecule has 0 radical (unpaired) electrons. The third kappa shape index (κ3) is 4.47. The average molecular weight is 396 g/mol. The highest BCUT2D eigenvalue weighted by atomic mass is 16.5. The number of carboxylic acid groups (broad SMARTS) is 1. The second kappa shape index (κ2) is 8.46. The number of aliphatic carboxylic acids is 1. The number of aryl methyl sites for hydroxylation is 1. The van der Waals surface area contributed by atoms with E-state index in [4.69, 9.17) is 4.52 Å². The average Bonchev–Trinajstić information content (AvgIpc) is 3.46. The van der Waals surface area contributed by atoms with E-state index < -0.39 is 12.0 Å². The van der Waals surface area contributed by atoms with Crippen LogP contribution in [0.25, 0.3) is 10.9 Å². The highest BCUT2D eigenvalue weighted by Crippen LogP contribution is 2.32. The summed E-state index contributed by atoms with van der Waals surface area (Å²) in [6.45, 7) is 0. The number of para-hydroxylation sites is 1. The number of aromatic nitrogens is 3. The van der Waals surface area contributed by atoms with Gasteiger partial charge in [-0.3, -0.25) is 4.79 Å². The number of carbonyl (C=O) groups excluding carboxylic acids is 1. The first kappa shape index (κ1) is 19.2. The molecule has 0 aliphatic heterocycles. The number of rotatable bonds is 8. The van der Waals surface area contributed by atoms with Crippen molar-refractivity contribution in [1.82, 2.24) is 20.4 Å². The van der Waals surface area contributed by atoms with Gasteiger partial charge >= 0.3 is 5.97 Å². The fourth-order valence-electron chi connectivity index (χ4n) is 3.93. The van der Waals surface area contributed by atoms with Crippen LogP contribution in [0.1, 0.15) is 55.3 Å². The van der Waals surface area contributed by atoms with Crippen molar-refractivity contribution in [3.05, 3.63) is 47.7 Å². The van der Waals surface area contributed by atoms with E-state index >= 15 is 0 Å². The minimum absolute atomic E-state index is 0.101. The van der Waals surface area contributed by atoms with Gasteiger partial charge in [-0.15, -0.1) is 0 Å². The zero-order valence-corrected chi connectivity index (χ0v) is 16.1. The van der Waals surface area contributed by atoms with Crippen LogP contribution in [0.2, 0.25) is 0 Å². The molecule has 1 unspecified atom stereocenters. The summed E-state index contributed by atoms with van der Waals surface area (Å²) in [5, 5.41) is 17.1. The molecule has 152 valence electrons. The molecule has 1 atom stereocenters. The lowest BCUT2D eigenvalue weighted by atomic mass is 10.0. The van der Waals surface area contributed by atoms with Crippen molar-refractivity contribution in [3.8, 4) is 0 Å². The van der Waals surface area contributed by atoms with Crippen molar-refractivity contribution < 1.29 is 19.2 Å². The van der Waals surface area contributed by atoms with Crippen LogP contribution in [0.15, 0.2) is 35.0 Å². The summed E-state index contributed by atoms with van der Waals surface area (Å²) in [4.78, 5) is 31.5. The Kier molecular flexibility index (Phi) is 5.59. The molecule has 0 saturated heterocycles. The van der Waals surface area contributed by atoms with Crippen LogP contribution in [0.4, 0.5) is 0 Å². The number of carbonyl (C=O) groups is 2. The molecule has 3 aromatic rings. The van der Waals surface area contributed by atoms with Crippen LogP contribution in [0, 0.1) is 0 Å². The van der Waals surface area contributed by atoms with Gasteiger partial charge in [0, 0.05) is 42.3 Å². The highest BCUT2D eigenvalue weighted by molar-refractivity contribution is 5.86. The maximum absolute atomic E-state index is 12.3. The lowest BCUT2D eigenvalue weighted by Gasteiger charge is -2.14. The Hall–Kier alpha value is -3.16. The topological polar surface area (TPSA) is 121 Å². The third-order valence-corrected chi connectivity index (χ3v) is 5.50. The van der Waals surface area contributed by atoms with Crippen LogP contribution >= 0.6 is 0 Å². The van der Waals surface area contributed by atoms with Crippen molar-refractivity contribution in [2.45, 2.75) is 56.9 Å². The minimum atomic E-state index is -1.06. The summed E-state index contributed by atoms with van der Waals surface area (Å²) in [6.07, 6.45) is 6.91. The molecule has 0 spiro atoms. The van der Waals surface area contributed by atoms with Gasteiger partial charge in [-0.05, 0) is 24.5 Å². The minimum Gasteiger partial charge on any atom is -0.480 e. The Morgan fingerprint density at radius 1 is 1.28 bits per heavy atom. The van der Waals surface area contributed by atoms with E-state index in [0.29, 0.717) is 18.2 Å². The third-order valence-electron chi connectivity index (χ3n) is 5.50. The van der Waals surface area contributed by atoms with Crippen molar-refractivity contribution in [2.75, 3.05) is 0 Å². The van der Waals surface area contributed by atoms with Crippen LogP contribution in [0.5, 0.6) is 0 Å². The molecule has 3 N–H and O–H groups in total. The molecule has 1 fully saturated rings. The predicted molar refractivity (Wildman–Crippen MR) is 105 cm³/mol. The standard InChI is InChI=1S/C21H24N4O4/c26-18(9-10-19-24-20(25-29-19)13-5-1-2-6-13)23-17(21(27)28)11-14-12-22-16-8-4-3-7-15(14)16/h3-4,7-8,12-13,17,22H,1-2,5-6,9-11H2,(H,23,26)(H,27,28). The normalized spacial score (nSPS) is 15.6. The second-order valence-electron chi connectivity index (χ2n) is 7.55. The lowest BCUT2D eigenvalue weighted by molar-refractivity contribution is -0.141. The largest absolute Gasteiger partial charge is 0.480 e. The van der Waals surface area contributed by atoms with Crippen LogP contribution in [-0.4, -0.2) is 38.1 Å². The summed E-state index contributed by atoms with van der Waals surface area (Å²) in [7, 11) is 0. The quantitative estimate of drug-likeness (QED) is 0.538. The van der Waals surface area contributed by atoms with Gasteiger partial charge in [0.25, 0.3) is 0 Å². The highest BCUT2D eigenvalue weighted by Gasteiger charge is 2.24. The molecule has 8 heteroatoms. The number of H-pyrrole nitrogens is 1. The van der Waals surface area contributed by atoms with Gasteiger partial charge < -0.3 is 19.9 Å². The van der Waals surface area contributed by atoms with E-state index in [1.54, 1.807) is 6.20 Å². The first-order valence-electron chi connectivity index (χ1n) is 10.00. The van der Waals surface area contributed by atoms with Gasteiger partial charge in [0.05, 0.1) is 0 Å². The van der Waals surface area contributed by atoms with Crippen molar-refractivity contribution in [3.63, 3.8) is 0 Å². The number of aromatic amines is 1. The molecule has 8 nitrogen and oxygen atoms in total. The van der Waals surface area contributed by atoms with Gasteiger partial charge in [0.2, 0.25) is 11.8 Å². The summed E-state index contributed by atoms with van der Waals surface area (Å²) in [6, 6.07) is 6.67. The number of hydrogen-bond donors (Lipinski definition) is 3. The monoisotopic (exact) mass is 396 g/mol. The molecule has 2 heterocycles. The Balaban J connectivity index is 1.33. The van der Waals surface area contributed by atoms with E-state index in [0.717, 1.165) is 35.1 Å². The van der Waals surface area contributed by atoms with Crippen LogP contribution < -0.4 is 5.32 Å². The molecule has 0 bridgehead atoms. The first-order chi connectivity index (χ1) is 14.1. The van der Waals surface area contributed by atoms with Gasteiger partial charge in [0.1, 0.15) is 6.04 Å². The number of nitrogens with one attached hydrogen (secondary N) is 2. The zero-order valence-electron chi connectivity index (χ0n) is 16.1. The number of benzene rings is 1. The van der Waals surface area contributed by atoms with E-state index in [-0.39, 0.29) is 18.7 Å².